The van der Waals surface area contributed by atoms with E-state index in [2.05, 4.69) is 10.1 Å². The number of fused-ring (bicyclic) bond motifs is 1. The van der Waals surface area contributed by atoms with Gasteiger partial charge in [-0.05, 0) is 63.9 Å². The molecule has 0 aliphatic carbocycles. The van der Waals surface area contributed by atoms with E-state index in [0.29, 0.717) is 25.9 Å². The summed E-state index contributed by atoms with van der Waals surface area (Å²) in [5.41, 5.74) is -2.12. The van der Waals surface area contributed by atoms with Crippen LogP contribution in [0, 0.1) is 5.82 Å². The molecule has 2 aromatic heterocycles. The summed E-state index contributed by atoms with van der Waals surface area (Å²) in [5.74, 6) is -1.06. The first-order valence-corrected chi connectivity index (χ1v) is 11.7. The quantitative estimate of drug-likeness (QED) is 0.452. The van der Waals surface area contributed by atoms with Crippen molar-refractivity contribution in [3.05, 3.63) is 53.6 Å². The first-order chi connectivity index (χ1) is 17.2. The summed E-state index contributed by atoms with van der Waals surface area (Å²) in [5, 5.41) is 4.18. The van der Waals surface area contributed by atoms with E-state index in [1.807, 2.05) is 0 Å². The van der Waals surface area contributed by atoms with Crippen molar-refractivity contribution >= 4 is 17.6 Å². The van der Waals surface area contributed by atoms with Gasteiger partial charge >= 0.3 is 12.3 Å². The standard InChI is InChI=1S/C25H27F4N5O3/c1-24(2,3)37-23(36)32(4)17-9-11-33(12-10-17)22(35)20-14-34-21(30-20)18(25(27,28)29)13-19(31-34)15-5-7-16(26)8-6-15/h5-8,13-14,17H,9-12H2,1-4H3. The normalized spacial score (nSPS) is 15.2. The fourth-order valence-electron chi connectivity index (χ4n) is 4.15. The zero-order chi connectivity index (χ0) is 27.1. The van der Waals surface area contributed by atoms with Gasteiger partial charge < -0.3 is 14.5 Å². The van der Waals surface area contributed by atoms with Crippen molar-refractivity contribution in [3.63, 3.8) is 0 Å². The van der Waals surface area contributed by atoms with Crippen LogP contribution in [0.2, 0.25) is 0 Å². The minimum atomic E-state index is -4.75. The Hall–Kier alpha value is -3.70. The van der Waals surface area contributed by atoms with E-state index in [9.17, 15) is 27.2 Å². The van der Waals surface area contributed by atoms with Gasteiger partial charge in [0.05, 0.1) is 11.9 Å². The van der Waals surface area contributed by atoms with E-state index in [1.54, 1.807) is 27.8 Å². The van der Waals surface area contributed by atoms with Crippen molar-refractivity contribution in [3.8, 4) is 11.3 Å². The fourth-order valence-corrected chi connectivity index (χ4v) is 4.15. The molecule has 4 rings (SSSR count). The van der Waals surface area contributed by atoms with Crippen LogP contribution >= 0.6 is 0 Å². The lowest BCUT2D eigenvalue weighted by molar-refractivity contribution is -0.136. The van der Waals surface area contributed by atoms with E-state index in [1.165, 1.54) is 28.1 Å². The van der Waals surface area contributed by atoms with Crippen LogP contribution in [0.5, 0.6) is 0 Å². The molecule has 0 unspecified atom stereocenters. The first kappa shape index (κ1) is 26.4. The van der Waals surface area contributed by atoms with Crippen LogP contribution in [0.4, 0.5) is 22.4 Å². The molecule has 1 fully saturated rings. The van der Waals surface area contributed by atoms with Crippen LogP contribution in [-0.2, 0) is 10.9 Å². The van der Waals surface area contributed by atoms with Crippen molar-refractivity contribution < 1.29 is 31.9 Å². The van der Waals surface area contributed by atoms with Crippen molar-refractivity contribution in [2.75, 3.05) is 20.1 Å². The number of likely N-dealkylation sites (tertiary alicyclic amines) is 1. The molecule has 12 heteroatoms. The van der Waals surface area contributed by atoms with Crippen LogP contribution in [0.25, 0.3) is 16.9 Å². The zero-order valence-electron chi connectivity index (χ0n) is 20.8. The molecule has 0 N–H and O–H groups in total. The van der Waals surface area contributed by atoms with E-state index >= 15 is 0 Å². The highest BCUT2D eigenvalue weighted by Gasteiger charge is 2.36. The predicted molar refractivity (Wildman–Crippen MR) is 126 cm³/mol. The molecule has 0 radical (unpaired) electrons. The van der Waals surface area contributed by atoms with Crippen LogP contribution in [-0.4, -0.2) is 68.2 Å². The molecule has 1 saturated heterocycles. The third-order valence-electron chi connectivity index (χ3n) is 6.07. The molecule has 0 bridgehead atoms. The molecular weight excluding hydrogens is 494 g/mol. The lowest BCUT2D eigenvalue weighted by atomic mass is 10.0. The maximum Gasteiger partial charge on any atom is 0.420 e. The number of alkyl halides is 3. The maximum atomic E-state index is 13.9. The Morgan fingerprint density at radius 3 is 2.27 bits per heavy atom. The molecule has 3 aromatic rings. The Balaban J connectivity index is 1.55. The second-order valence-corrected chi connectivity index (χ2v) is 9.96. The molecular formula is C25H27F4N5O3. The summed E-state index contributed by atoms with van der Waals surface area (Å²) < 4.78 is 61.2. The molecule has 0 saturated carbocycles. The van der Waals surface area contributed by atoms with Crippen LogP contribution in [0.3, 0.4) is 0 Å². The minimum absolute atomic E-state index is 0.0396. The number of hydrogen-bond acceptors (Lipinski definition) is 5. The summed E-state index contributed by atoms with van der Waals surface area (Å²) in [4.78, 5) is 32.4. The number of carbonyl (C=O) groups is 2. The van der Waals surface area contributed by atoms with Crippen molar-refractivity contribution in [2.45, 2.75) is 51.4 Å². The molecule has 1 aromatic carbocycles. The second-order valence-electron chi connectivity index (χ2n) is 9.96. The Morgan fingerprint density at radius 1 is 1.08 bits per heavy atom. The number of rotatable bonds is 3. The lowest BCUT2D eigenvalue weighted by Gasteiger charge is -2.37. The topological polar surface area (TPSA) is 80.0 Å². The van der Waals surface area contributed by atoms with Gasteiger partial charge in [0, 0.05) is 31.7 Å². The average Bonchev–Trinajstić information content (AvgIpc) is 3.25. The van der Waals surface area contributed by atoms with E-state index in [4.69, 9.17) is 4.74 Å². The molecule has 3 heterocycles. The van der Waals surface area contributed by atoms with Gasteiger partial charge in [-0.1, -0.05) is 0 Å². The predicted octanol–water partition coefficient (Wildman–Crippen LogP) is 5.03. The first-order valence-electron chi connectivity index (χ1n) is 11.7. The van der Waals surface area contributed by atoms with Crippen molar-refractivity contribution in [1.82, 2.24) is 24.4 Å². The van der Waals surface area contributed by atoms with Gasteiger partial charge in [0.1, 0.15) is 22.7 Å². The van der Waals surface area contributed by atoms with E-state index in [-0.39, 0.29) is 23.0 Å². The third-order valence-corrected chi connectivity index (χ3v) is 6.07. The van der Waals surface area contributed by atoms with Crippen molar-refractivity contribution in [1.29, 1.82) is 0 Å². The minimum Gasteiger partial charge on any atom is -0.444 e. The van der Waals surface area contributed by atoms with Gasteiger partial charge in [-0.15, -0.1) is 0 Å². The van der Waals surface area contributed by atoms with Crippen LogP contribution in [0.1, 0.15) is 49.7 Å². The largest absolute Gasteiger partial charge is 0.444 e. The lowest BCUT2D eigenvalue weighted by Crippen LogP contribution is -2.48. The van der Waals surface area contributed by atoms with E-state index < -0.39 is 40.8 Å². The highest BCUT2D eigenvalue weighted by atomic mass is 19.4. The molecule has 2 amide bonds. The van der Waals surface area contributed by atoms with Gasteiger partial charge in [0.25, 0.3) is 5.91 Å². The van der Waals surface area contributed by atoms with E-state index in [0.717, 1.165) is 22.7 Å². The molecule has 0 atom stereocenters. The van der Waals surface area contributed by atoms with Gasteiger partial charge in [-0.2, -0.15) is 18.3 Å². The number of imidazole rings is 1. The Kier molecular flexibility index (Phi) is 6.87. The number of ether oxygens (including phenoxy) is 1. The molecule has 1 aliphatic rings. The highest BCUT2D eigenvalue weighted by molar-refractivity contribution is 5.93. The van der Waals surface area contributed by atoms with Crippen molar-refractivity contribution in [2.24, 2.45) is 0 Å². The molecule has 198 valence electrons. The third kappa shape index (κ3) is 5.83. The Labute approximate surface area is 210 Å². The smallest absolute Gasteiger partial charge is 0.420 e. The number of aromatic nitrogens is 3. The number of hydrogen-bond donors (Lipinski definition) is 0. The fraction of sp³-hybridized carbons (Fsp3) is 0.440. The summed E-state index contributed by atoms with van der Waals surface area (Å²) in [6.07, 6.45) is -3.08. The molecule has 8 nitrogen and oxygen atoms in total. The molecule has 0 spiro atoms. The second kappa shape index (κ2) is 9.64. The number of halogens is 4. The van der Waals surface area contributed by atoms with Gasteiger partial charge in [0.2, 0.25) is 0 Å². The number of benzene rings is 1. The van der Waals surface area contributed by atoms with Crippen LogP contribution < -0.4 is 0 Å². The highest BCUT2D eigenvalue weighted by Crippen LogP contribution is 2.34. The zero-order valence-corrected chi connectivity index (χ0v) is 20.8. The maximum absolute atomic E-state index is 13.9. The number of piperidine rings is 1. The monoisotopic (exact) mass is 521 g/mol. The van der Waals surface area contributed by atoms with Gasteiger partial charge in [0.15, 0.2) is 5.65 Å². The average molecular weight is 522 g/mol. The summed E-state index contributed by atoms with van der Waals surface area (Å²) in [6.45, 7) is 5.92. The number of nitrogens with zero attached hydrogens (tertiary/aromatic N) is 5. The summed E-state index contributed by atoms with van der Waals surface area (Å²) in [7, 11) is 1.64. The Morgan fingerprint density at radius 2 is 1.70 bits per heavy atom. The van der Waals surface area contributed by atoms with Gasteiger partial charge in [-0.3, -0.25) is 4.79 Å². The molecule has 1 aliphatic heterocycles. The summed E-state index contributed by atoms with van der Waals surface area (Å²) in [6, 6.07) is 5.59. The SMILES string of the molecule is CN(C(=O)OC(C)(C)C)C1CCN(C(=O)c2cn3nc(-c4ccc(F)cc4)cc(C(F)(F)F)c3n2)CC1. The number of carbonyl (C=O) groups excluding carboxylic acids is 2. The summed E-state index contributed by atoms with van der Waals surface area (Å²) >= 11 is 0. The molecule has 37 heavy (non-hydrogen) atoms. The Bertz CT molecular complexity index is 1310. The number of amides is 2. The van der Waals surface area contributed by atoms with Crippen LogP contribution in [0.15, 0.2) is 36.5 Å². The van der Waals surface area contributed by atoms with Gasteiger partial charge in [-0.25, -0.2) is 18.7 Å².